The van der Waals surface area contributed by atoms with Crippen LogP contribution in [0.2, 0.25) is 0 Å². The van der Waals surface area contributed by atoms with Crippen molar-refractivity contribution < 1.29 is 19.1 Å². The fraction of sp³-hybridized carbons (Fsp3) is 0.529. The number of methoxy groups -OCH3 is 1. The summed E-state index contributed by atoms with van der Waals surface area (Å²) in [5.41, 5.74) is 0.516. The van der Waals surface area contributed by atoms with Gasteiger partial charge in [-0.05, 0) is 53.4 Å². The van der Waals surface area contributed by atoms with Crippen LogP contribution in [0.5, 0.6) is 5.75 Å². The highest BCUT2D eigenvalue weighted by molar-refractivity contribution is 9.10. The quantitative estimate of drug-likeness (QED) is 0.701. The van der Waals surface area contributed by atoms with Gasteiger partial charge in [-0.3, -0.25) is 4.79 Å². The van der Waals surface area contributed by atoms with Crippen LogP contribution < -0.4 is 15.4 Å². The van der Waals surface area contributed by atoms with Gasteiger partial charge < -0.3 is 20.1 Å². The lowest BCUT2D eigenvalue weighted by atomic mass is 10.0. The molecule has 1 aromatic rings. The summed E-state index contributed by atoms with van der Waals surface area (Å²) in [7, 11) is 1.57. The summed E-state index contributed by atoms with van der Waals surface area (Å²) in [6, 6.07) is 4.93. The van der Waals surface area contributed by atoms with Gasteiger partial charge in [0.1, 0.15) is 5.75 Å². The molecule has 0 saturated heterocycles. The Labute approximate surface area is 151 Å². The number of hydrogen-bond donors (Lipinski definition) is 2. The first kappa shape index (κ1) is 20.3. The van der Waals surface area contributed by atoms with Crippen molar-refractivity contribution in [3.63, 3.8) is 0 Å². The topological polar surface area (TPSA) is 76.7 Å². The molecule has 1 atom stereocenters. The van der Waals surface area contributed by atoms with E-state index in [0.717, 1.165) is 6.42 Å². The van der Waals surface area contributed by atoms with Crippen LogP contribution in [-0.4, -0.2) is 38.3 Å². The smallest absolute Gasteiger partial charge is 0.407 e. The van der Waals surface area contributed by atoms with Crippen molar-refractivity contribution >= 4 is 27.9 Å². The number of carbonyl (C=O) groups excluding carboxylic acids is 2. The highest BCUT2D eigenvalue weighted by atomic mass is 79.9. The fourth-order valence-electron chi connectivity index (χ4n) is 2.23. The zero-order valence-corrected chi connectivity index (χ0v) is 16.1. The summed E-state index contributed by atoms with van der Waals surface area (Å²) in [4.78, 5) is 23.9. The third-order valence-corrected chi connectivity index (χ3v) is 3.90. The molecule has 1 rings (SSSR count). The minimum absolute atomic E-state index is 0.185. The highest BCUT2D eigenvalue weighted by Crippen LogP contribution is 2.25. The normalized spacial score (nSPS) is 11.8. The first-order chi connectivity index (χ1) is 11.4. The molecule has 2 amide bonds. The zero-order chi connectivity index (χ0) is 18.1. The number of amides is 2. The number of benzene rings is 1. The van der Waals surface area contributed by atoms with Gasteiger partial charge in [-0.15, -0.1) is 0 Å². The van der Waals surface area contributed by atoms with E-state index in [1.165, 1.54) is 0 Å². The molecule has 0 aliphatic heterocycles. The second-order valence-electron chi connectivity index (χ2n) is 5.75. The molecule has 0 saturated carbocycles. The average molecular weight is 401 g/mol. The first-order valence-electron chi connectivity index (χ1n) is 7.92. The van der Waals surface area contributed by atoms with Crippen LogP contribution in [-0.2, 0) is 4.74 Å². The monoisotopic (exact) mass is 400 g/mol. The van der Waals surface area contributed by atoms with Crippen molar-refractivity contribution in [3.8, 4) is 5.75 Å². The summed E-state index contributed by atoms with van der Waals surface area (Å²) in [6.45, 7) is 6.51. The zero-order valence-electron chi connectivity index (χ0n) is 14.5. The summed E-state index contributed by atoms with van der Waals surface area (Å²) < 4.78 is 10.8. The molecule has 0 aliphatic rings. The van der Waals surface area contributed by atoms with E-state index in [9.17, 15) is 9.59 Å². The minimum Gasteiger partial charge on any atom is -0.496 e. The van der Waals surface area contributed by atoms with Crippen LogP contribution in [0.15, 0.2) is 22.7 Å². The Morgan fingerprint density at radius 3 is 2.54 bits per heavy atom. The van der Waals surface area contributed by atoms with Crippen molar-refractivity contribution in [2.75, 3.05) is 20.3 Å². The maximum absolute atomic E-state index is 12.3. The minimum atomic E-state index is -0.468. The van der Waals surface area contributed by atoms with Crippen LogP contribution in [0, 0.1) is 5.92 Å². The molecule has 0 bridgehead atoms. The van der Waals surface area contributed by atoms with E-state index >= 15 is 0 Å². The molecule has 0 aliphatic carbocycles. The van der Waals surface area contributed by atoms with E-state index in [1.54, 1.807) is 32.2 Å². The van der Waals surface area contributed by atoms with Gasteiger partial charge in [0.2, 0.25) is 0 Å². The van der Waals surface area contributed by atoms with Crippen LogP contribution in [0.1, 0.15) is 37.6 Å². The van der Waals surface area contributed by atoms with Crippen molar-refractivity contribution in [2.24, 2.45) is 5.92 Å². The Morgan fingerprint density at radius 2 is 2.00 bits per heavy atom. The lowest BCUT2D eigenvalue weighted by Crippen LogP contribution is -2.44. The van der Waals surface area contributed by atoms with Gasteiger partial charge in [0.15, 0.2) is 0 Å². The van der Waals surface area contributed by atoms with E-state index in [1.807, 2.05) is 0 Å². The maximum atomic E-state index is 12.3. The Morgan fingerprint density at radius 1 is 1.29 bits per heavy atom. The van der Waals surface area contributed by atoms with Crippen LogP contribution in [0.3, 0.4) is 0 Å². The number of alkyl carbamates (subject to hydrolysis) is 1. The second kappa shape index (κ2) is 10.2. The largest absolute Gasteiger partial charge is 0.496 e. The van der Waals surface area contributed by atoms with E-state index < -0.39 is 6.09 Å². The fourth-order valence-corrected chi connectivity index (χ4v) is 2.77. The lowest BCUT2D eigenvalue weighted by molar-refractivity contribution is 0.0944. The molecular formula is C17H25BrN2O4. The van der Waals surface area contributed by atoms with Crippen molar-refractivity contribution in [1.82, 2.24) is 10.6 Å². The first-order valence-corrected chi connectivity index (χ1v) is 8.71. The number of halogens is 1. The van der Waals surface area contributed by atoms with Crippen molar-refractivity contribution in [2.45, 2.75) is 33.2 Å². The predicted octanol–water partition coefficient (Wildman–Crippen LogP) is 3.35. The Balaban J connectivity index is 2.65. The van der Waals surface area contributed by atoms with Crippen LogP contribution in [0.25, 0.3) is 0 Å². The Hall–Kier alpha value is -1.76. The van der Waals surface area contributed by atoms with E-state index in [4.69, 9.17) is 9.47 Å². The Bertz CT molecular complexity index is 564. The number of carbonyl (C=O) groups is 2. The molecule has 0 spiro atoms. The molecule has 1 aromatic carbocycles. The predicted molar refractivity (Wildman–Crippen MR) is 96.4 cm³/mol. The SMILES string of the molecule is CCOC(=O)NC(CNC(=O)c1ccc(OC)c(Br)c1)CC(C)C. The summed E-state index contributed by atoms with van der Waals surface area (Å²) in [5.74, 6) is 0.829. The molecule has 24 heavy (non-hydrogen) atoms. The Kier molecular flexibility index (Phi) is 8.60. The molecule has 0 radical (unpaired) electrons. The number of nitrogens with one attached hydrogen (secondary N) is 2. The van der Waals surface area contributed by atoms with E-state index in [2.05, 4.69) is 40.4 Å². The van der Waals surface area contributed by atoms with E-state index in [0.29, 0.717) is 34.9 Å². The van der Waals surface area contributed by atoms with Gasteiger partial charge in [0, 0.05) is 18.2 Å². The second-order valence-corrected chi connectivity index (χ2v) is 6.60. The van der Waals surface area contributed by atoms with Gasteiger partial charge in [-0.1, -0.05) is 13.8 Å². The average Bonchev–Trinajstić information content (AvgIpc) is 2.51. The molecular weight excluding hydrogens is 376 g/mol. The molecule has 0 heterocycles. The molecule has 2 N–H and O–H groups in total. The van der Waals surface area contributed by atoms with Crippen molar-refractivity contribution in [1.29, 1.82) is 0 Å². The molecule has 0 fully saturated rings. The molecule has 134 valence electrons. The number of ether oxygens (including phenoxy) is 2. The van der Waals surface area contributed by atoms with Gasteiger partial charge in [-0.25, -0.2) is 4.79 Å². The highest BCUT2D eigenvalue weighted by Gasteiger charge is 2.17. The van der Waals surface area contributed by atoms with Gasteiger partial charge >= 0.3 is 6.09 Å². The summed E-state index contributed by atoms with van der Waals surface area (Å²) in [5, 5.41) is 5.63. The molecule has 6 nitrogen and oxygen atoms in total. The van der Waals surface area contributed by atoms with Crippen molar-refractivity contribution in [3.05, 3.63) is 28.2 Å². The van der Waals surface area contributed by atoms with Gasteiger partial charge in [0.05, 0.1) is 18.2 Å². The van der Waals surface area contributed by atoms with Crippen LogP contribution >= 0.6 is 15.9 Å². The maximum Gasteiger partial charge on any atom is 0.407 e. The van der Waals surface area contributed by atoms with Gasteiger partial charge in [0.25, 0.3) is 5.91 Å². The standard InChI is InChI=1S/C17H25BrN2O4/c1-5-24-17(22)20-13(8-11(2)3)10-19-16(21)12-6-7-15(23-4)14(18)9-12/h6-7,9,11,13H,5,8,10H2,1-4H3,(H,19,21)(H,20,22). The van der Waals surface area contributed by atoms with Gasteiger partial charge in [-0.2, -0.15) is 0 Å². The van der Waals surface area contributed by atoms with Crippen LogP contribution in [0.4, 0.5) is 4.79 Å². The summed E-state index contributed by atoms with van der Waals surface area (Å²) >= 11 is 3.36. The molecule has 1 unspecified atom stereocenters. The van der Waals surface area contributed by atoms with E-state index in [-0.39, 0.29) is 11.9 Å². The number of rotatable bonds is 8. The lowest BCUT2D eigenvalue weighted by Gasteiger charge is -2.20. The molecule has 0 aromatic heterocycles. The third-order valence-electron chi connectivity index (χ3n) is 3.28. The molecule has 7 heteroatoms. The summed E-state index contributed by atoms with van der Waals surface area (Å²) in [6.07, 6.45) is 0.273. The number of hydrogen-bond acceptors (Lipinski definition) is 4. The third kappa shape index (κ3) is 6.78.